The van der Waals surface area contributed by atoms with Gasteiger partial charge in [0.2, 0.25) is 5.91 Å². The van der Waals surface area contributed by atoms with Crippen LogP contribution in [0, 0.1) is 0 Å². The van der Waals surface area contributed by atoms with E-state index in [1.54, 1.807) is 0 Å². The van der Waals surface area contributed by atoms with Crippen LogP contribution in [-0.4, -0.2) is 63.5 Å². The molecule has 7 nitrogen and oxygen atoms in total. The van der Waals surface area contributed by atoms with Crippen LogP contribution in [0.25, 0.3) is 0 Å². The van der Waals surface area contributed by atoms with Gasteiger partial charge < -0.3 is 30.5 Å². The van der Waals surface area contributed by atoms with E-state index in [0.29, 0.717) is 0 Å². The Kier molecular flexibility index (Phi) is 2.44. The van der Waals surface area contributed by atoms with Crippen LogP contribution in [0.2, 0.25) is 1.41 Å². The third-order valence-electron chi connectivity index (χ3n) is 1.89. The first-order chi connectivity index (χ1) is 8.63. The van der Waals surface area contributed by atoms with Gasteiger partial charge in [0.05, 0.1) is 9.35 Å². The van der Waals surface area contributed by atoms with Gasteiger partial charge in [0.25, 0.3) is 0 Å². The van der Waals surface area contributed by atoms with Crippen LogP contribution in [-0.2, 0) is 9.53 Å². The van der Waals surface area contributed by atoms with Crippen LogP contribution in [0.15, 0.2) is 0 Å². The van der Waals surface area contributed by atoms with E-state index in [9.17, 15) is 20.1 Å². The molecule has 7 heteroatoms. The van der Waals surface area contributed by atoms with E-state index in [2.05, 4.69) is 4.74 Å². The predicted molar refractivity (Wildman–Crippen MR) is 47.6 cm³/mol. The van der Waals surface area contributed by atoms with E-state index < -0.39 is 50.0 Å². The summed E-state index contributed by atoms with van der Waals surface area (Å²) in [6, 6.07) is -3.06. The minimum Gasteiger partial charge on any atom is -0.394 e. The Morgan fingerprint density at radius 1 is 1.60 bits per heavy atom. The first-order valence-electron chi connectivity index (χ1n) is 6.27. The molecule has 0 aliphatic carbocycles. The number of carbonyl (C=O) groups is 1. The maximum Gasteiger partial charge on any atom is 0.217 e. The molecule has 0 aromatic heterocycles. The predicted octanol–water partition coefficient (Wildman–Crippen LogP) is -3.08. The molecule has 0 saturated carbocycles. The van der Waals surface area contributed by atoms with Crippen molar-refractivity contribution in [2.75, 3.05) is 6.61 Å². The summed E-state index contributed by atoms with van der Waals surface area (Å²) in [5, 5.41) is 37.6. The molecule has 1 fully saturated rings. The van der Waals surface area contributed by atoms with Gasteiger partial charge in [0.1, 0.15) is 24.3 Å². The molecule has 1 heterocycles. The van der Waals surface area contributed by atoms with E-state index in [1.165, 1.54) is 0 Å². The lowest BCUT2D eigenvalue weighted by atomic mass is 9.97. The van der Waals surface area contributed by atoms with Gasteiger partial charge in [-0.05, 0) is 0 Å². The highest BCUT2D eigenvalue weighted by Crippen LogP contribution is 2.19. The molecule has 5 N–H and O–H groups in total. The molecule has 0 radical (unpaired) electrons. The molecule has 1 unspecified atom stereocenters. The number of aliphatic hydroxyl groups is 4. The van der Waals surface area contributed by atoms with Gasteiger partial charge in [-0.1, -0.05) is 0 Å². The maximum absolute atomic E-state index is 11.2. The van der Waals surface area contributed by atoms with E-state index in [-0.39, 0.29) is 5.31 Å². The zero-order valence-corrected chi connectivity index (χ0v) is 7.70. The fourth-order valence-corrected chi connectivity index (χ4v) is 1.16. The summed E-state index contributed by atoms with van der Waals surface area (Å²) in [6.45, 7) is -1.80. The minimum absolute atomic E-state index is 0.283. The van der Waals surface area contributed by atoms with Crippen molar-refractivity contribution in [3.05, 3.63) is 0 Å². The monoisotopic (exact) mass is 225 g/mol. The number of hydrogen-bond acceptors (Lipinski definition) is 6. The summed E-state index contributed by atoms with van der Waals surface area (Å²) >= 11 is 0. The number of carbonyl (C=O) groups excluding carboxylic acids is 1. The molecule has 15 heavy (non-hydrogen) atoms. The van der Waals surface area contributed by atoms with Crippen molar-refractivity contribution in [1.82, 2.24) is 5.31 Å². The topological polar surface area (TPSA) is 119 Å². The molecular weight excluding hydrogens is 206 g/mol. The molecule has 88 valence electrons. The number of aliphatic hydroxyl groups excluding tert-OH is 3. The van der Waals surface area contributed by atoms with Crippen molar-refractivity contribution in [2.45, 2.75) is 37.5 Å². The molecule has 1 amide bonds. The average molecular weight is 225 g/mol. The van der Waals surface area contributed by atoms with Gasteiger partial charge >= 0.3 is 0 Å². The van der Waals surface area contributed by atoms with Crippen LogP contribution in [0.1, 0.15) is 11.0 Å². The highest BCUT2D eigenvalue weighted by atomic mass is 16.6. The fraction of sp³-hybridized carbons (Fsp3) is 0.875. The number of nitrogens with one attached hydrogen (secondary N) is 1. The number of ether oxygens (including phenoxy) is 1. The Morgan fingerprint density at radius 3 is 2.80 bits per heavy atom. The first-order valence-corrected chi connectivity index (χ1v) is 4.11. The third-order valence-corrected chi connectivity index (χ3v) is 1.89. The Balaban J connectivity index is 3.19. The Labute approximate surface area is 92.0 Å². The second-order valence-corrected chi connectivity index (χ2v) is 2.97. The highest BCUT2D eigenvalue weighted by Gasteiger charge is 2.43. The van der Waals surface area contributed by atoms with Gasteiger partial charge in [0.15, 0.2) is 7.68 Å². The minimum atomic E-state index is -3.26. The van der Waals surface area contributed by atoms with Crippen molar-refractivity contribution >= 4 is 5.91 Å². The van der Waals surface area contributed by atoms with Gasteiger partial charge in [-0.3, -0.25) is 4.79 Å². The zero-order valence-electron chi connectivity index (χ0n) is 11.7. The maximum atomic E-state index is 11.2. The number of amides is 1. The highest BCUT2D eigenvalue weighted by molar-refractivity contribution is 5.73. The van der Waals surface area contributed by atoms with Crippen molar-refractivity contribution in [1.29, 1.82) is 0 Å². The molecule has 0 aromatic rings. The summed E-state index contributed by atoms with van der Waals surface area (Å²) in [6.07, 6.45) is -8.94. The van der Waals surface area contributed by atoms with Crippen molar-refractivity contribution in [2.24, 2.45) is 0 Å². The summed E-state index contributed by atoms with van der Waals surface area (Å²) in [7, 11) is 0. The molecule has 0 aromatic carbocycles. The van der Waals surface area contributed by atoms with E-state index >= 15 is 0 Å². The van der Waals surface area contributed by atoms with Crippen LogP contribution in [0.5, 0.6) is 0 Å². The molecule has 0 spiro atoms. The van der Waals surface area contributed by atoms with Crippen LogP contribution >= 0.6 is 0 Å². The fourth-order valence-electron chi connectivity index (χ4n) is 1.16. The van der Waals surface area contributed by atoms with E-state index in [1.807, 2.05) is 0 Å². The quantitative estimate of drug-likeness (QED) is 0.340. The normalized spacial score (nSPS) is 54.8. The average Bonchev–Trinajstić information content (AvgIpc) is 2.38. The molecule has 5 atom stereocenters. The van der Waals surface area contributed by atoms with E-state index in [0.717, 1.165) is 0 Å². The zero-order chi connectivity index (χ0) is 15.0. The summed E-state index contributed by atoms with van der Waals surface area (Å²) in [5.74, 6) is -1.28. The smallest absolute Gasteiger partial charge is 0.217 e. The van der Waals surface area contributed by atoms with Gasteiger partial charge in [-0.25, -0.2) is 0 Å². The Hall–Kier alpha value is -0.730. The number of rotatable bonds is 2. The summed E-state index contributed by atoms with van der Waals surface area (Å²) in [5.41, 5.74) is 0. The Bertz CT molecular complexity index is 358. The van der Waals surface area contributed by atoms with Crippen molar-refractivity contribution in [3.8, 4) is 0 Å². The molecular formula is C8H15NO6. The van der Waals surface area contributed by atoms with Gasteiger partial charge in [0, 0.05) is 8.27 Å². The Morgan fingerprint density at radius 2 is 2.27 bits per heavy atom. The molecule has 1 rings (SSSR count). The van der Waals surface area contributed by atoms with Crippen molar-refractivity contribution < 1.29 is 35.5 Å². The second kappa shape index (κ2) is 4.86. The molecule has 1 aliphatic heterocycles. The number of hydrogen-bond donors (Lipinski definition) is 5. The van der Waals surface area contributed by atoms with Crippen molar-refractivity contribution in [3.63, 3.8) is 0 Å². The van der Waals surface area contributed by atoms with Crippen LogP contribution < -0.4 is 5.31 Å². The molecule has 1 saturated heterocycles. The largest absolute Gasteiger partial charge is 0.394 e. The van der Waals surface area contributed by atoms with E-state index in [4.69, 9.17) is 10.6 Å². The van der Waals surface area contributed by atoms with Gasteiger partial charge in [-0.2, -0.15) is 0 Å². The van der Waals surface area contributed by atoms with Gasteiger partial charge in [-0.15, -0.1) is 0 Å². The summed E-state index contributed by atoms with van der Waals surface area (Å²) < 4.78 is 33.9. The second-order valence-electron chi connectivity index (χ2n) is 2.97. The van der Waals surface area contributed by atoms with Crippen LogP contribution in [0.3, 0.4) is 0 Å². The van der Waals surface area contributed by atoms with Crippen LogP contribution in [0.4, 0.5) is 0 Å². The standard InChI is InChI=1S/C8H15NO6/c1-3(11)9-5-7(13)6(12)4(2-10)15-8(5)14/h4-8,10,12-14H,2H2,1H3,(H,9,11)/t4-,5+,6-,7-,8?/m1/s1/i1D,5D,8D/hD. The summed E-state index contributed by atoms with van der Waals surface area (Å²) in [4.78, 5) is 11.2. The first kappa shape index (κ1) is 7.53. The lowest BCUT2D eigenvalue weighted by molar-refractivity contribution is -0.253. The molecule has 0 bridgehead atoms. The SMILES string of the molecule is [2H]CC(=O)N([2H])[C@@]1([2H])[C@@H](O)[C@H](O)[C@@H](CO)OC1([2H])O. The third kappa shape index (κ3) is 2.64. The molecule has 1 aliphatic rings. The lowest BCUT2D eigenvalue weighted by Crippen LogP contribution is -2.63. The lowest BCUT2D eigenvalue weighted by Gasteiger charge is -2.40.